The highest BCUT2D eigenvalue weighted by Gasteiger charge is 2.18. The van der Waals surface area contributed by atoms with Crippen LogP contribution in [0, 0.1) is 13.8 Å². The lowest BCUT2D eigenvalue weighted by atomic mass is 10.1. The molecule has 1 aromatic heterocycles. The van der Waals surface area contributed by atoms with Crippen molar-refractivity contribution in [3.63, 3.8) is 0 Å². The van der Waals surface area contributed by atoms with E-state index in [-0.39, 0.29) is 5.56 Å². The van der Waals surface area contributed by atoms with Crippen molar-refractivity contribution in [1.82, 2.24) is 4.57 Å². The number of carbonyl (C=O) groups is 1. The van der Waals surface area contributed by atoms with Crippen LogP contribution in [0.15, 0.2) is 23.0 Å². The minimum absolute atomic E-state index is 0.119. The molecule has 0 bridgehead atoms. The van der Waals surface area contributed by atoms with Gasteiger partial charge in [-0.2, -0.15) is 0 Å². The fourth-order valence-electron chi connectivity index (χ4n) is 2.45. The molecule has 0 saturated heterocycles. The third-order valence-electron chi connectivity index (χ3n) is 3.34. The van der Waals surface area contributed by atoms with Gasteiger partial charge >= 0.3 is 5.97 Å². The van der Waals surface area contributed by atoms with E-state index in [4.69, 9.17) is 0 Å². The van der Waals surface area contributed by atoms with Gasteiger partial charge in [-0.3, -0.25) is 4.79 Å². The molecule has 0 atom stereocenters. The van der Waals surface area contributed by atoms with E-state index >= 15 is 0 Å². The first-order valence-electron chi connectivity index (χ1n) is 6.34. The first-order chi connectivity index (χ1) is 8.97. The van der Waals surface area contributed by atoms with E-state index < -0.39 is 11.4 Å². The van der Waals surface area contributed by atoms with Crippen LogP contribution in [0.3, 0.4) is 0 Å². The van der Waals surface area contributed by atoms with E-state index in [1.54, 1.807) is 13.0 Å². The summed E-state index contributed by atoms with van der Waals surface area (Å²) in [6.07, 6.45) is 0.881. The van der Waals surface area contributed by atoms with Crippen LogP contribution in [0.5, 0.6) is 0 Å². The summed E-state index contributed by atoms with van der Waals surface area (Å²) in [5.74, 6) is -1.16. The van der Waals surface area contributed by atoms with Crippen molar-refractivity contribution in [1.29, 1.82) is 0 Å². The van der Waals surface area contributed by atoms with Gasteiger partial charge in [-0.1, -0.05) is 18.6 Å². The quantitative estimate of drug-likeness (QED) is 0.922. The topological polar surface area (TPSA) is 59.3 Å². The molecule has 19 heavy (non-hydrogen) atoms. The number of hydrogen-bond donors (Lipinski definition) is 1. The van der Waals surface area contributed by atoms with Crippen molar-refractivity contribution >= 4 is 16.9 Å². The minimum Gasteiger partial charge on any atom is -0.477 e. The second-order valence-electron chi connectivity index (χ2n) is 4.77. The molecule has 0 fully saturated rings. The SMILES string of the molecule is CCCn1c(C)c(C(=O)O)c(=O)c2cc(C)ccc21. The Morgan fingerprint density at radius 1 is 1.32 bits per heavy atom. The Kier molecular flexibility index (Phi) is 3.42. The number of rotatable bonds is 3. The van der Waals surface area contributed by atoms with Gasteiger partial charge in [0.2, 0.25) is 5.43 Å². The highest BCUT2D eigenvalue weighted by Crippen LogP contribution is 2.18. The molecule has 0 amide bonds. The van der Waals surface area contributed by atoms with Gasteiger partial charge in [0.15, 0.2) is 0 Å². The van der Waals surface area contributed by atoms with Crippen molar-refractivity contribution in [2.45, 2.75) is 33.7 Å². The Morgan fingerprint density at radius 3 is 2.58 bits per heavy atom. The Bertz CT molecular complexity index is 713. The van der Waals surface area contributed by atoms with Gasteiger partial charge in [-0.25, -0.2) is 4.79 Å². The van der Waals surface area contributed by atoms with Gasteiger partial charge in [0.05, 0.1) is 5.52 Å². The number of aromatic carboxylic acids is 1. The monoisotopic (exact) mass is 259 g/mol. The van der Waals surface area contributed by atoms with Crippen molar-refractivity contribution in [3.8, 4) is 0 Å². The van der Waals surface area contributed by atoms with Gasteiger partial charge in [-0.15, -0.1) is 0 Å². The average molecular weight is 259 g/mol. The van der Waals surface area contributed by atoms with Crippen molar-refractivity contribution in [3.05, 3.63) is 45.2 Å². The summed E-state index contributed by atoms with van der Waals surface area (Å²) in [6.45, 7) is 6.31. The first kappa shape index (κ1) is 13.3. The minimum atomic E-state index is -1.16. The van der Waals surface area contributed by atoms with Gasteiger partial charge < -0.3 is 9.67 Å². The molecule has 0 aliphatic rings. The zero-order chi connectivity index (χ0) is 14.2. The lowest BCUT2D eigenvalue weighted by Gasteiger charge is -2.16. The van der Waals surface area contributed by atoms with Crippen LogP contribution in [0.1, 0.15) is 35.0 Å². The largest absolute Gasteiger partial charge is 0.477 e. The molecule has 1 aromatic carbocycles. The maximum absolute atomic E-state index is 12.3. The lowest BCUT2D eigenvalue weighted by Crippen LogP contribution is -2.22. The zero-order valence-electron chi connectivity index (χ0n) is 11.4. The Hall–Kier alpha value is -2.10. The lowest BCUT2D eigenvalue weighted by molar-refractivity contribution is 0.0694. The van der Waals surface area contributed by atoms with Gasteiger partial charge in [-0.05, 0) is 32.4 Å². The number of nitrogens with zero attached hydrogens (tertiary/aromatic N) is 1. The van der Waals surface area contributed by atoms with Crippen molar-refractivity contribution < 1.29 is 9.90 Å². The van der Waals surface area contributed by atoms with Crippen LogP contribution in [0.4, 0.5) is 0 Å². The van der Waals surface area contributed by atoms with Crippen LogP contribution in [-0.2, 0) is 6.54 Å². The fourth-order valence-corrected chi connectivity index (χ4v) is 2.45. The molecular weight excluding hydrogens is 242 g/mol. The molecule has 100 valence electrons. The molecule has 4 nitrogen and oxygen atoms in total. The van der Waals surface area contributed by atoms with E-state index in [2.05, 4.69) is 0 Å². The number of carboxylic acid groups (broad SMARTS) is 1. The number of hydrogen-bond acceptors (Lipinski definition) is 2. The predicted octanol–water partition coefficient (Wildman–Crippen LogP) is 2.73. The van der Waals surface area contributed by atoms with Crippen LogP contribution in [-0.4, -0.2) is 15.6 Å². The number of aromatic nitrogens is 1. The van der Waals surface area contributed by atoms with Crippen LogP contribution < -0.4 is 5.43 Å². The third kappa shape index (κ3) is 2.14. The average Bonchev–Trinajstić information content (AvgIpc) is 2.34. The van der Waals surface area contributed by atoms with Crippen LogP contribution in [0.2, 0.25) is 0 Å². The summed E-state index contributed by atoms with van der Waals surface area (Å²) >= 11 is 0. The molecule has 0 spiro atoms. The normalized spacial score (nSPS) is 10.9. The summed E-state index contributed by atoms with van der Waals surface area (Å²) < 4.78 is 1.92. The van der Waals surface area contributed by atoms with E-state index in [1.807, 2.05) is 30.5 Å². The molecular formula is C15H17NO3. The summed E-state index contributed by atoms with van der Waals surface area (Å²) in [5.41, 5.74) is 1.77. The van der Waals surface area contributed by atoms with E-state index in [0.717, 1.165) is 17.5 Å². The molecule has 4 heteroatoms. The molecule has 0 aliphatic carbocycles. The van der Waals surface area contributed by atoms with E-state index in [9.17, 15) is 14.7 Å². The molecule has 1 heterocycles. The van der Waals surface area contributed by atoms with Crippen LogP contribution >= 0.6 is 0 Å². The highest BCUT2D eigenvalue weighted by molar-refractivity contribution is 5.94. The number of carboxylic acids is 1. The zero-order valence-corrected chi connectivity index (χ0v) is 11.4. The summed E-state index contributed by atoms with van der Waals surface area (Å²) in [6, 6.07) is 5.59. The molecule has 0 saturated carbocycles. The molecule has 0 unspecified atom stereocenters. The third-order valence-corrected chi connectivity index (χ3v) is 3.34. The van der Waals surface area contributed by atoms with E-state index in [1.165, 1.54) is 0 Å². The number of benzene rings is 1. The van der Waals surface area contributed by atoms with Crippen molar-refractivity contribution in [2.24, 2.45) is 0 Å². The Morgan fingerprint density at radius 2 is 2.00 bits per heavy atom. The maximum Gasteiger partial charge on any atom is 0.341 e. The summed E-state index contributed by atoms with van der Waals surface area (Å²) in [4.78, 5) is 23.6. The second-order valence-corrected chi connectivity index (χ2v) is 4.77. The molecule has 2 aromatic rings. The van der Waals surface area contributed by atoms with E-state index in [0.29, 0.717) is 17.6 Å². The van der Waals surface area contributed by atoms with Crippen molar-refractivity contribution in [2.75, 3.05) is 0 Å². The van der Waals surface area contributed by atoms with Gasteiger partial charge in [0, 0.05) is 17.6 Å². The van der Waals surface area contributed by atoms with Gasteiger partial charge in [0.25, 0.3) is 0 Å². The molecule has 0 radical (unpaired) electrons. The number of fused-ring (bicyclic) bond motifs is 1. The fraction of sp³-hybridized carbons (Fsp3) is 0.333. The number of aryl methyl sites for hydroxylation is 2. The summed E-state index contributed by atoms with van der Waals surface area (Å²) in [7, 11) is 0. The number of pyridine rings is 1. The highest BCUT2D eigenvalue weighted by atomic mass is 16.4. The van der Waals surface area contributed by atoms with Crippen LogP contribution in [0.25, 0.3) is 10.9 Å². The maximum atomic E-state index is 12.3. The molecule has 1 N–H and O–H groups in total. The second kappa shape index (κ2) is 4.88. The Labute approximate surface area is 111 Å². The van der Waals surface area contributed by atoms with Gasteiger partial charge in [0.1, 0.15) is 5.56 Å². The molecule has 0 aliphatic heterocycles. The molecule has 2 rings (SSSR count). The smallest absolute Gasteiger partial charge is 0.341 e. The summed E-state index contributed by atoms with van der Waals surface area (Å²) in [5, 5.41) is 9.74. The predicted molar refractivity (Wildman–Crippen MR) is 74.9 cm³/mol. The standard InChI is InChI=1S/C15H17NO3/c1-4-7-16-10(3)13(15(18)19)14(17)11-8-9(2)5-6-12(11)16/h5-6,8H,4,7H2,1-3H3,(H,18,19). The Balaban J connectivity index is 2.99. The first-order valence-corrected chi connectivity index (χ1v) is 6.34.